The summed E-state index contributed by atoms with van der Waals surface area (Å²) in [5, 5.41) is 0. The van der Waals surface area contributed by atoms with Gasteiger partial charge in [0, 0.05) is 0 Å². The van der Waals surface area contributed by atoms with Crippen LogP contribution in [-0.4, -0.2) is 4.57 Å². The first-order valence-electron chi connectivity index (χ1n) is 2.97. The van der Waals surface area contributed by atoms with E-state index < -0.39 is 0 Å². The molecule has 0 N–H and O–H groups in total. The third kappa shape index (κ3) is 1.45. The normalized spacial score (nSPS) is 10.0. The summed E-state index contributed by atoms with van der Waals surface area (Å²) in [5.41, 5.74) is 0. The molecule has 0 radical (unpaired) electrons. The van der Waals surface area contributed by atoms with Gasteiger partial charge in [0.2, 0.25) is 6.33 Å². The van der Waals surface area contributed by atoms with Gasteiger partial charge in [0.1, 0.15) is 12.4 Å². The molecule has 0 spiro atoms. The number of alkyl halides is 1. The Balaban J connectivity index is 2.74. The van der Waals surface area contributed by atoms with Crippen LogP contribution in [-0.2, 0) is 12.5 Å². The van der Waals surface area contributed by atoms with Gasteiger partial charge in [-0.2, -0.15) is 0 Å². The number of aromatic nitrogens is 2. The summed E-state index contributed by atoms with van der Waals surface area (Å²) in [6.45, 7) is 3.10. The van der Waals surface area contributed by atoms with E-state index in [0.717, 1.165) is 6.54 Å². The van der Waals surface area contributed by atoms with E-state index in [1.165, 1.54) is 0 Å². The van der Waals surface area contributed by atoms with Crippen LogP contribution in [0.25, 0.3) is 0 Å². The van der Waals surface area contributed by atoms with Crippen LogP contribution < -0.4 is 4.57 Å². The van der Waals surface area contributed by atoms with Gasteiger partial charge in [-0.15, -0.1) is 0 Å². The van der Waals surface area contributed by atoms with Crippen LogP contribution in [0, 0.1) is 0 Å². The van der Waals surface area contributed by atoms with Gasteiger partial charge in [-0.05, 0) is 6.92 Å². The molecule has 0 aliphatic rings. The first kappa shape index (κ1) is 6.62. The van der Waals surface area contributed by atoms with Crippen LogP contribution >= 0.6 is 11.6 Å². The predicted octanol–water partition coefficient (Wildman–Crippen LogP) is 0.992. The Morgan fingerprint density at radius 3 is 2.78 bits per heavy atom. The number of nitrogens with zero attached hydrogens (tertiary/aromatic N) is 2. The van der Waals surface area contributed by atoms with Crippen molar-refractivity contribution in [3.05, 3.63) is 18.7 Å². The first-order valence-corrected chi connectivity index (χ1v) is 3.51. The maximum Gasteiger partial charge on any atom is 0.244 e. The lowest BCUT2D eigenvalue weighted by Crippen LogP contribution is -2.27. The van der Waals surface area contributed by atoms with E-state index in [1.54, 1.807) is 0 Å². The first-order chi connectivity index (χ1) is 4.36. The van der Waals surface area contributed by atoms with Crippen molar-refractivity contribution in [1.29, 1.82) is 0 Å². The average Bonchev–Trinajstić information content (AvgIpc) is 2.34. The standard InChI is InChI=1S/C6H10ClN2/c1-2-8-3-4-9(5-7)6-8/h3-4,6H,2,5H2,1H3/q+1. The summed E-state index contributed by atoms with van der Waals surface area (Å²) in [7, 11) is 0. The molecule has 1 heterocycles. The molecule has 0 aliphatic heterocycles. The summed E-state index contributed by atoms with van der Waals surface area (Å²) in [6, 6.07) is 0.535. The Morgan fingerprint density at radius 1 is 1.67 bits per heavy atom. The SMILES string of the molecule is CCn1cc[n+](CCl)c1. The van der Waals surface area contributed by atoms with Gasteiger partial charge < -0.3 is 0 Å². The molecule has 0 aliphatic carbocycles. The highest BCUT2D eigenvalue weighted by molar-refractivity contribution is 6.14. The third-order valence-corrected chi connectivity index (χ3v) is 1.53. The highest BCUT2D eigenvalue weighted by Gasteiger charge is 1.96. The van der Waals surface area contributed by atoms with Crippen LogP contribution in [0.2, 0.25) is 0 Å². The van der Waals surface area contributed by atoms with E-state index in [4.69, 9.17) is 11.6 Å². The fourth-order valence-corrected chi connectivity index (χ4v) is 0.838. The summed E-state index contributed by atoms with van der Waals surface area (Å²) < 4.78 is 3.99. The van der Waals surface area contributed by atoms with Crippen LogP contribution in [0.15, 0.2) is 18.7 Å². The molecule has 9 heavy (non-hydrogen) atoms. The van der Waals surface area contributed by atoms with Crippen LogP contribution in [0.4, 0.5) is 0 Å². The molecule has 0 unspecified atom stereocenters. The predicted molar refractivity (Wildman–Crippen MR) is 36.2 cm³/mol. The third-order valence-electron chi connectivity index (χ3n) is 1.25. The zero-order chi connectivity index (χ0) is 6.69. The smallest absolute Gasteiger partial charge is 0.237 e. The second kappa shape index (κ2) is 2.87. The Morgan fingerprint density at radius 2 is 2.44 bits per heavy atom. The van der Waals surface area contributed by atoms with Crippen molar-refractivity contribution in [2.45, 2.75) is 19.5 Å². The largest absolute Gasteiger partial charge is 0.244 e. The molecule has 1 aromatic heterocycles. The molecule has 0 atom stereocenters. The van der Waals surface area contributed by atoms with E-state index in [9.17, 15) is 0 Å². The summed E-state index contributed by atoms with van der Waals surface area (Å²) in [5.74, 6) is 0. The van der Waals surface area contributed by atoms with Crippen LogP contribution in [0.1, 0.15) is 6.92 Å². The molecule has 0 saturated heterocycles. The van der Waals surface area contributed by atoms with Crippen LogP contribution in [0.5, 0.6) is 0 Å². The van der Waals surface area contributed by atoms with Gasteiger partial charge in [-0.3, -0.25) is 0 Å². The van der Waals surface area contributed by atoms with Crippen molar-refractivity contribution in [2.75, 3.05) is 0 Å². The average molecular weight is 146 g/mol. The van der Waals surface area contributed by atoms with Crippen molar-refractivity contribution >= 4 is 11.6 Å². The van der Waals surface area contributed by atoms with Crippen molar-refractivity contribution in [1.82, 2.24) is 4.57 Å². The molecule has 0 amide bonds. The molecule has 50 valence electrons. The van der Waals surface area contributed by atoms with E-state index >= 15 is 0 Å². The van der Waals surface area contributed by atoms with Gasteiger partial charge in [-0.1, -0.05) is 11.6 Å². The number of halogens is 1. The fraction of sp³-hybridized carbons (Fsp3) is 0.500. The minimum absolute atomic E-state index is 0.535. The van der Waals surface area contributed by atoms with Gasteiger partial charge in [-0.25, -0.2) is 9.13 Å². The number of rotatable bonds is 2. The Hall–Kier alpha value is -0.500. The molecule has 0 fully saturated rings. The molecule has 0 saturated carbocycles. The second-order valence-electron chi connectivity index (χ2n) is 1.88. The lowest BCUT2D eigenvalue weighted by molar-refractivity contribution is -0.677. The number of hydrogen-bond donors (Lipinski definition) is 0. The molecular weight excluding hydrogens is 136 g/mol. The lowest BCUT2D eigenvalue weighted by Gasteiger charge is -1.83. The molecule has 3 heteroatoms. The molecule has 0 bridgehead atoms. The maximum absolute atomic E-state index is 5.55. The van der Waals surface area contributed by atoms with Crippen molar-refractivity contribution in [3.63, 3.8) is 0 Å². The van der Waals surface area contributed by atoms with Gasteiger partial charge in [0.05, 0.1) is 6.54 Å². The lowest BCUT2D eigenvalue weighted by atomic mass is 10.7. The Labute approximate surface area is 59.7 Å². The minimum atomic E-state index is 0.535. The van der Waals surface area contributed by atoms with Crippen molar-refractivity contribution < 1.29 is 4.57 Å². The van der Waals surface area contributed by atoms with Gasteiger partial charge in [0.25, 0.3) is 0 Å². The molecule has 0 aromatic carbocycles. The topological polar surface area (TPSA) is 8.81 Å². The summed E-state index contributed by atoms with van der Waals surface area (Å²) in [4.78, 5) is 0. The Kier molecular flexibility index (Phi) is 2.11. The molecule has 1 rings (SSSR count). The maximum atomic E-state index is 5.55. The highest BCUT2D eigenvalue weighted by Crippen LogP contribution is 1.83. The molecular formula is C6H10ClN2+. The second-order valence-corrected chi connectivity index (χ2v) is 2.12. The van der Waals surface area contributed by atoms with Gasteiger partial charge >= 0.3 is 0 Å². The molecule has 2 nitrogen and oxygen atoms in total. The minimum Gasteiger partial charge on any atom is -0.237 e. The Bertz CT molecular complexity index is 164. The monoisotopic (exact) mass is 145 g/mol. The zero-order valence-corrected chi connectivity index (χ0v) is 6.17. The van der Waals surface area contributed by atoms with Crippen molar-refractivity contribution in [3.8, 4) is 0 Å². The van der Waals surface area contributed by atoms with Crippen LogP contribution in [0.3, 0.4) is 0 Å². The number of imidazole rings is 1. The van der Waals surface area contributed by atoms with E-state index in [0.29, 0.717) is 6.00 Å². The molecule has 1 aromatic rings. The number of aryl methyl sites for hydroxylation is 1. The van der Waals surface area contributed by atoms with E-state index in [1.807, 2.05) is 23.3 Å². The summed E-state index contributed by atoms with van der Waals surface area (Å²) in [6.07, 6.45) is 5.94. The van der Waals surface area contributed by atoms with Gasteiger partial charge in [0.15, 0.2) is 6.00 Å². The van der Waals surface area contributed by atoms with Crippen molar-refractivity contribution in [2.24, 2.45) is 0 Å². The zero-order valence-electron chi connectivity index (χ0n) is 5.42. The van der Waals surface area contributed by atoms with E-state index in [-0.39, 0.29) is 0 Å². The van der Waals surface area contributed by atoms with E-state index in [2.05, 4.69) is 11.5 Å². The highest BCUT2D eigenvalue weighted by atomic mass is 35.5. The fourth-order valence-electron chi connectivity index (χ4n) is 0.697. The quantitative estimate of drug-likeness (QED) is 0.434. The number of hydrogen-bond acceptors (Lipinski definition) is 0. The summed E-state index contributed by atoms with van der Waals surface area (Å²) >= 11 is 5.55.